The van der Waals surface area contributed by atoms with Crippen LogP contribution in [-0.4, -0.2) is 98.2 Å². The molecule has 2 aromatic carbocycles. The molecule has 2 aliphatic rings. The Hall–Kier alpha value is -5.30. The molecule has 13 heteroatoms. The van der Waals surface area contributed by atoms with Crippen LogP contribution in [0.1, 0.15) is 6.42 Å². The Morgan fingerprint density at radius 3 is 2.41 bits per heavy atom. The number of hydrogen-bond acceptors (Lipinski definition) is 8. The molecule has 0 saturated carbocycles. The van der Waals surface area contributed by atoms with Gasteiger partial charge in [0.1, 0.15) is 11.6 Å². The second kappa shape index (κ2) is 12.2. The third kappa shape index (κ3) is 6.01. The number of piperazine rings is 1. The molecule has 2 N–H and O–H groups in total. The quantitative estimate of drug-likeness (QED) is 0.280. The fourth-order valence-electron chi connectivity index (χ4n) is 5.96. The molecular formula is C33H31F2N9O2. The van der Waals surface area contributed by atoms with E-state index in [0.29, 0.717) is 60.9 Å². The van der Waals surface area contributed by atoms with Crippen molar-refractivity contribution in [3.05, 3.63) is 85.1 Å². The predicted molar refractivity (Wildman–Crippen MR) is 169 cm³/mol. The third-order valence-corrected chi connectivity index (χ3v) is 8.53. The van der Waals surface area contributed by atoms with Gasteiger partial charge in [-0.15, -0.1) is 0 Å². The van der Waals surface area contributed by atoms with Gasteiger partial charge in [-0.3, -0.25) is 19.6 Å². The highest BCUT2D eigenvalue weighted by molar-refractivity contribution is 6.01. The molecule has 11 nitrogen and oxygen atoms in total. The van der Waals surface area contributed by atoms with Gasteiger partial charge < -0.3 is 15.1 Å². The number of aromatic amines is 1. The van der Waals surface area contributed by atoms with Gasteiger partial charge in [-0.05, 0) is 60.7 Å². The van der Waals surface area contributed by atoms with E-state index in [9.17, 15) is 14.0 Å². The molecule has 5 aromatic rings. The van der Waals surface area contributed by atoms with Crippen LogP contribution in [0.4, 0.5) is 20.3 Å². The molecular weight excluding hydrogens is 592 g/mol. The van der Waals surface area contributed by atoms with Gasteiger partial charge in [-0.2, -0.15) is 5.10 Å². The lowest BCUT2D eigenvalue weighted by molar-refractivity contribution is -0.133. The molecule has 1 unspecified atom stereocenters. The number of pyridine rings is 1. The minimum absolute atomic E-state index is 0.00956. The van der Waals surface area contributed by atoms with Crippen LogP contribution in [0.5, 0.6) is 0 Å². The van der Waals surface area contributed by atoms with E-state index in [-0.39, 0.29) is 31.2 Å². The second-order valence-electron chi connectivity index (χ2n) is 11.6. The molecule has 46 heavy (non-hydrogen) atoms. The molecule has 5 heterocycles. The highest BCUT2D eigenvalue weighted by Gasteiger charge is 2.45. The van der Waals surface area contributed by atoms with E-state index in [1.807, 2.05) is 12.1 Å². The Kier molecular flexibility index (Phi) is 7.83. The van der Waals surface area contributed by atoms with E-state index >= 15 is 4.39 Å². The van der Waals surface area contributed by atoms with Crippen LogP contribution >= 0.6 is 0 Å². The number of aromatic nitrogens is 5. The van der Waals surface area contributed by atoms with Crippen molar-refractivity contribution >= 4 is 34.2 Å². The van der Waals surface area contributed by atoms with Gasteiger partial charge in [-0.1, -0.05) is 0 Å². The normalized spacial score (nSPS) is 18.7. The average Bonchev–Trinajstić information content (AvgIpc) is 3.69. The maximum absolute atomic E-state index is 15.9. The van der Waals surface area contributed by atoms with E-state index in [0.717, 1.165) is 16.9 Å². The summed E-state index contributed by atoms with van der Waals surface area (Å²) in [5.74, 6) is 0.238. The number of halogens is 2. The zero-order chi connectivity index (χ0) is 31.7. The van der Waals surface area contributed by atoms with Crippen molar-refractivity contribution in [1.29, 1.82) is 0 Å². The van der Waals surface area contributed by atoms with Crippen molar-refractivity contribution in [1.82, 2.24) is 34.9 Å². The first-order valence-electron chi connectivity index (χ1n) is 15.1. The second-order valence-corrected chi connectivity index (χ2v) is 11.6. The van der Waals surface area contributed by atoms with Crippen LogP contribution in [0, 0.1) is 5.82 Å². The Labute approximate surface area is 263 Å². The standard InChI is InChI=1S/C33H31F2N9O2/c34-24-5-2-22(3-6-24)30-26-18-25(7-8-27(26)40-41-30)39-32(46)33(35)10-13-42(21-33)20-29(45)44-16-14-43(15-17-44)28-9-4-23(19-38-28)31-36-11-1-12-37-31/h1-9,11-12,18-19H,10,13-17,20-21H2,(H,39,46)(H,40,41). The molecule has 2 fully saturated rings. The van der Waals surface area contributed by atoms with E-state index in [2.05, 4.69) is 35.4 Å². The van der Waals surface area contributed by atoms with Crippen LogP contribution in [0.25, 0.3) is 33.5 Å². The number of fused-ring (bicyclic) bond motifs is 1. The Morgan fingerprint density at radius 2 is 1.67 bits per heavy atom. The maximum Gasteiger partial charge on any atom is 0.263 e. The van der Waals surface area contributed by atoms with Crippen molar-refractivity contribution < 1.29 is 18.4 Å². The van der Waals surface area contributed by atoms with E-state index in [1.54, 1.807) is 64.8 Å². The highest BCUT2D eigenvalue weighted by atomic mass is 19.1. The van der Waals surface area contributed by atoms with E-state index in [1.165, 1.54) is 12.1 Å². The number of benzene rings is 2. The van der Waals surface area contributed by atoms with Crippen LogP contribution in [0.2, 0.25) is 0 Å². The van der Waals surface area contributed by atoms with Crippen molar-refractivity contribution in [2.45, 2.75) is 12.1 Å². The topological polar surface area (TPSA) is 123 Å². The minimum Gasteiger partial charge on any atom is -0.353 e. The molecule has 2 saturated heterocycles. The summed E-state index contributed by atoms with van der Waals surface area (Å²) < 4.78 is 29.3. The smallest absolute Gasteiger partial charge is 0.263 e. The first kappa shape index (κ1) is 29.4. The van der Waals surface area contributed by atoms with Crippen LogP contribution < -0.4 is 10.2 Å². The van der Waals surface area contributed by atoms with E-state index < -0.39 is 11.6 Å². The molecule has 1 atom stereocenters. The number of hydrogen-bond donors (Lipinski definition) is 2. The Morgan fingerprint density at radius 1 is 0.913 bits per heavy atom. The summed E-state index contributed by atoms with van der Waals surface area (Å²) in [7, 11) is 0. The molecule has 2 aliphatic heterocycles. The predicted octanol–water partition coefficient (Wildman–Crippen LogP) is 3.92. The molecule has 2 amide bonds. The number of carbonyl (C=O) groups is 2. The Balaban J connectivity index is 0.921. The Bertz CT molecular complexity index is 1860. The lowest BCUT2D eigenvalue weighted by Gasteiger charge is -2.36. The summed E-state index contributed by atoms with van der Waals surface area (Å²) in [4.78, 5) is 44.9. The average molecular weight is 624 g/mol. The van der Waals surface area contributed by atoms with Gasteiger partial charge in [0, 0.05) is 86.5 Å². The largest absolute Gasteiger partial charge is 0.353 e. The van der Waals surface area contributed by atoms with Crippen molar-refractivity contribution in [3.8, 4) is 22.6 Å². The number of nitrogens with one attached hydrogen (secondary N) is 2. The van der Waals surface area contributed by atoms with Crippen molar-refractivity contribution in [3.63, 3.8) is 0 Å². The SMILES string of the molecule is O=C(CN1CCC(F)(C(=O)Nc2ccc3[nH]nc(-c4ccc(F)cc4)c3c2)C1)N1CCN(c2ccc(-c3ncccn3)cn2)CC1. The number of anilines is 2. The molecule has 0 radical (unpaired) electrons. The summed E-state index contributed by atoms with van der Waals surface area (Å²) in [6, 6.07) is 16.7. The number of H-pyrrole nitrogens is 1. The summed E-state index contributed by atoms with van der Waals surface area (Å²) in [5, 5.41) is 10.7. The summed E-state index contributed by atoms with van der Waals surface area (Å²) in [6.07, 6.45) is 5.11. The third-order valence-electron chi connectivity index (χ3n) is 8.53. The monoisotopic (exact) mass is 623 g/mol. The summed E-state index contributed by atoms with van der Waals surface area (Å²) >= 11 is 0. The van der Waals surface area contributed by atoms with Crippen molar-refractivity contribution in [2.75, 3.05) is 56.0 Å². The molecule has 7 rings (SSSR count). The lowest BCUT2D eigenvalue weighted by atomic mass is 10.0. The van der Waals surface area contributed by atoms with Gasteiger partial charge in [0.05, 0.1) is 17.8 Å². The zero-order valence-corrected chi connectivity index (χ0v) is 24.9. The maximum atomic E-state index is 15.9. The van der Waals surface area contributed by atoms with Gasteiger partial charge in [0.25, 0.3) is 5.91 Å². The number of nitrogens with zero attached hydrogens (tertiary/aromatic N) is 7. The first-order valence-corrected chi connectivity index (χ1v) is 15.1. The molecule has 0 bridgehead atoms. The summed E-state index contributed by atoms with van der Waals surface area (Å²) in [6.45, 7) is 2.47. The van der Waals surface area contributed by atoms with Crippen LogP contribution in [0.3, 0.4) is 0 Å². The molecule has 3 aromatic heterocycles. The number of likely N-dealkylation sites (tertiary alicyclic amines) is 1. The highest BCUT2D eigenvalue weighted by Crippen LogP contribution is 2.31. The number of carbonyl (C=O) groups excluding carboxylic acids is 2. The van der Waals surface area contributed by atoms with Crippen LogP contribution in [-0.2, 0) is 9.59 Å². The van der Waals surface area contributed by atoms with Gasteiger partial charge >= 0.3 is 0 Å². The van der Waals surface area contributed by atoms with Crippen molar-refractivity contribution in [2.24, 2.45) is 0 Å². The molecule has 0 spiro atoms. The lowest BCUT2D eigenvalue weighted by Crippen LogP contribution is -2.51. The molecule has 0 aliphatic carbocycles. The van der Waals surface area contributed by atoms with Crippen LogP contribution in [0.15, 0.2) is 79.3 Å². The minimum atomic E-state index is -2.13. The molecule has 234 valence electrons. The summed E-state index contributed by atoms with van der Waals surface area (Å²) in [5.41, 5.74) is 1.15. The number of amides is 2. The fraction of sp³-hybridized carbons (Fsp3) is 0.273. The number of alkyl halides is 1. The van der Waals surface area contributed by atoms with Gasteiger partial charge in [-0.25, -0.2) is 23.7 Å². The van der Waals surface area contributed by atoms with Gasteiger partial charge in [0.2, 0.25) is 11.6 Å². The first-order chi connectivity index (χ1) is 22.3. The van der Waals surface area contributed by atoms with E-state index in [4.69, 9.17) is 0 Å². The van der Waals surface area contributed by atoms with Gasteiger partial charge in [0.15, 0.2) is 5.82 Å². The zero-order valence-electron chi connectivity index (χ0n) is 24.9. The number of rotatable bonds is 7. The fourth-order valence-corrected chi connectivity index (χ4v) is 5.96.